The molecule has 0 spiro atoms. The summed E-state index contributed by atoms with van der Waals surface area (Å²) >= 11 is 6.06. The maximum atomic E-state index is 12.8. The van der Waals surface area contributed by atoms with Gasteiger partial charge in [0.05, 0.1) is 12.3 Å². The van der Waals surface area contributed by atoms with Gasteiger partial charge in [0.1, 0.15) is 10.8 Å². The number of halogens is 1. The van der Waals surface area contributed by atoms with E-state index >= 15 is 0 Å². The molecule has 0 bridgehead atoms. The van der Waals surface area contributed by atoms with E-state index in [0.29, 0.717) is 47.6 Å². The van der Waals surface area contributed by atoms with Crippen LogP contribution < -0.4 is 9.64 Å². The van der Waals surface area contributed by atoms with Crippen LogP contribution >= 0.6 is 11.6 Å². The number of imide groups is 1. The van der Waals surface area contributed by atoms with Crippen LogP contribution in [0.1, 0.15) is 36.0 Å². The molecule has 2 aromatic rings. The van der Waals surface area contributed by atoms with Gasteiger partial charge in [-0.05, 0) is 43.0 Å². The maximum absolute atomic E-state index is 12.8. The minimum Gasteiger partial charge on any atom is -0.492 e. The minimum absolute atomic E-state index is 0.0443. The van der Waals surface area contributed by atoms with Gasteiger partial charge in [-0.3, -0.25) is 24.3 Å². The van der Waals surface area contributed by atoms with Crippen LogP contribution in [-0.4, -0.2) is 47.3 Å². The molecule has 0 atom stereocenters. The van der Waals surface area contributed by atoms with Gasteiger partial charge in [-0.2, -0.15) is 0 Å². The summed E-state index contributed by atoms with van der Waals surface area (Å²) in [7, 11) is 0. The molecule has 0 unspecified atom stereocenters. The summed E-state index contributed by atoms with van der Waals surface area (Å²) in [6, 6.07) is 8.42. The molecule has 1 aromatic heterocycles. The number of pyridine rings is 1. The highest BCUT2D eigenvalue weighted by molar-refractivity contribution is 6.31. The summed E-state index contributed by atoms with van der Waals surface area (Å²) in [6.07, 6.45) is 5.38. The van der Waals surface area contributed by atoms with Gasteiger partial charge < -0.3 is 9.64 Å². The molecule has 2 saturated heterocycles. The molecule has 3 heterocycles. The van der Waals surface area contributed by atoms with Crippen molar-refractivity contribution in [2.75, 3.05) is 24.6 Å². The summed E-state index contributed by atoms with van der Waals surface area (Å²) in [5.74, 6) is 0.540. The second-order valence-corrected chi connectivity index (χ2v) is 7.93. The molecule has 30 heavy (non-hydrogen) atoms. The lowest BCUT2D eigenvalue weighted by molar-refractivity contribution is -0.121. The van der Waals surface area contributed by atoms with Crippen molar-refractivity contribution in [2.45, 2.75) is 25.7 Å². The van der Waals surface area contributed by atoms with Crippen molar-refractivity contribution >= 4 is 35.0 Å². The Kier molecular flexibility index (Phi) is 5.99. The van der Waals surface area contributed by atoms with Crippen molar-refractivity contribution in [1.29, 1.82) is 0 Å². The summed E-state index contributed by atoms with van der Waals surface area (Å²) in [6.45, 7) is 1.86. The van der Waals surface area contributed by atoms with E-state index in [1.165, 1.54) is 4.90 Å². The second-order valence-electron chi connectivity index (χ2n) is 7.52. The van der Waals surface area contributed by atoms with Crippen LogP contribution in [-0.2, 0) is 9.59 Å². The standard InChI is InChI=1S/C22H22ClN3O4/c23-18-13-24-10-7-19(18)30-14-15-8-11-25(12-9-15)22(29)16-1-3-17(4-2-16)26-20(27)5-6-21(26)28/h1-4,7,10,13,15H,5-6,8-9,11-12,14H2. The number of rotatable bonds is 5. The topological polar surface area (TPSA) is 79.8 Å². The summed E-state index contributed by atoms with van der Waals surface area (Å²) in [4.78, 5) is 43.5. The third-order valence-corrected chi connectivity index (χ3v) is 5.82. The molecule has 8 heteroatoms. The first kappa shape index (κ1) is 20.3. The van der Waals surface area contributed by atoms with Crippen molar-refractivity contribution < 1.29 is 19.1 Å². The van der Waals surface area contributed by atoms with Crippen LogP contribution in [0.2, 0.25) is 5.02 Å². The van der Waals surface area contributed by atoms with Crippen molar-refractivity contribution in [3.63, 3.8) is 0 Å². The van der Waals surface area contributed by atoms with Gasteiger partial charge in [0.2, 0.25) is 11.8 Å². The Balaban J connectivity index is 1.30. The molecule has 156 valence electrons. The van der Waals surface area contributed by atoms with Gasteiger partial charge in [-0.15, -0.1) is 0 Å². The fourth-order valence-corrected chi connectivity index (χ4v) is 3.96. The number of anilines is 1. The number of aromatic nitrogens is 1. The van der Waals surface area contributed by atoms with E-state index in [1.54, 1.807) is 42.7 Å². The van der Waals surface area contributed by atoms with Crippen molar-refractivity contribution in [3.8, 4) is 5.75 Å². The lowest BCUT2D eigenvalue weighted by Crippen LogP contribution is -2.39. The number of carbonyl (C=O) groups is 3. The molecular formula is C22H22ClN3O4. The van der Waals surface area contributed by atoms with Crippen LogP contribution in [0.25, 0.3) is 0 Å². The Morgan fingerprint density at radius 2 is 1.73 bits per heavy atom. The van der Waals surface area contributed by atoms with E-state index in [-0.39, 0.29) is 30.6 Å². The molecule has 2 aliphatic heterocycles. The van der Waals surface area contributed by atoms with E-state index in [2.05, 4.69) is 4.98 Å². The third kappa shape index (κ3) is 4.31. The molecule has 0 saturated carbocycles. The highest BCUT2D eigenvalue weighted by atomic mass is 35.5. The first-order valence-electron chi connectivity index (χ1n) is 10.0. The average molecular weight is 428 g/mol. The highest BCUT2D eigenvalue weighted by Crippen LogP contribution is 2.26. The number of piperidine rings is 1. The number of benzene rings is 1. The van der Waals surface area contributed by atoms with E-state index in [9.17, 15) is 14.4 Å². The van der Waals surface area contributed by atoms with Crippen LogP contribution in [0.15, 0.2) is 42.7 Å². The average Bonchev–Trinajstić information content (AvgIpc) is 3.11. The predicted octanol–water partition coefficient (Wildman–Crippen LogP) is 3.32. The quantitative estimate of drug-likeness (QED) is 0.684. The number of amides is 3. The van der Waals surface area contributed by atoms with E-state index in [0.717, 1.165) is 12.8 Å². The van der Waals surface area contributed by atoms with Crippen LogP contribution in [0.3, 0.4) is 0 Å². The van der Waals surface area contributed by atoms with Crippen molar-refractivity contribution in [3.05, 3.63) is 53.3 Å². The lowest BCUT2D eigenvalue weighted by Gasteiger charge is -2.32. The van der Waals surface area contributed by atoms with Gasteiger partial charge in [-0.25, -0.2) is 0 Å². The van der Waals surface area contributed by atoms with Crippen LogP contribution in [0.4, 0.5) is 5.69 Å². The summed E-state index contributed by atoms with van der Waals surface area (Å²) in [5.41, 5.74) is 1.07. The lowest BCUT2D eigenvalue weighted by atomic mass is 9.97. The minimum atomic E-state index is -0.198. The number of hydrogen-bond donors (Lipinski definition) is 0. The fraction of sp³-hybridized carbons (Fsp3) is 0.364. The van der Waals surface area contributed by atoms with Gasteiger partial charge >= 0.3 is 0 Å². The van der Waals surface area contributed by atoms with Crippen molar-refractivity contribution in [2.24, 2.45) is 5.92 Å². The zero-order chi connectivity index (χ0) is 21.1. The van der Waals surface area contributed by atoms with Gasteiger partial charge in [0, 0.05) is 50.0 Å². The number of ether oxygens (including phenoxy) is 1. The number of carbonyl (C=O) groups excluding carboxylic acids is 3. The first-order valence-corrected chi connectivity index (χ1v) is 10.4. The van der Waals surface area contributed by atoms with E-state index in [1.807, 2.05) is 4.90 Å². The summed E-state index contributed by atoms with van der Waals surface area (Å²) in [5, 5.41) is 0.492. The number of nitrogens with zero attached hydrogens (tertiary/aromatic N) is 3. The molecule has 0 N–H and O–H groups in total. The Hall–Kier alpha value is -2.93. The zero-order valence-electron chi connectivity index (χ0n) is 16.4. The predicted molar refractivity (Wildman–Crippen MR) is 112 cm³/mol. The molecule has 2 aliphatic rings. The first-order chi connectivity index (χ1) is 14.5. The second kappa shape index (κ2) is 8.83. The SMILES string of the molecule is O=C(c1ccc(N2C(=O)CCC2=O)cc1)N1CCC(COc2ccncc2Cl)CC1. The Labute approximate surface area is 179 Å². The molecule has 1 aromatic carbocycles. The normalized spacial score (nSPS) is 17.5. The summed E-state index contributed by atoms with van der Waals surface area (Å²) < 4.78 is 5.80. The van der Waals surface area contributed by atoms with Gasteiger partial charge in [0.15, 0.2) is 0 Å². The molecule has 3 amide bonds. The van der Waals surface area contributed by atoms with E-state index in [4.69, 9.17) is 16.3 Å². The number of likely N-dealkylation sites (tertiary alicyclic amines) is 1. The van der Waals surface area contributed by atoms with E-state index < -0.39 is 0 Å². The molecule has 2 fully saturated rings. The molecule has 4 rings (SSSR count). The molecular weight excluding hydrogens is 406 g/mol. The van der Waals surface area contributed by atoms with Crippen molar-refractivity contribution in [1.82, 2.24) is 9.88 Å². The molecule has 0 aliphatic carbocycles. The van der Waals surface area contributed by atoms with Crippen LogP contribution in [0.5, 0.6) is 5.75 Å². The fourth-order valence-electron chi connectivity index (χ4n) is 3.79. The monoisotopic (exact) mass is 427 g/mol. The van der Waals surface area contributed by atoms with Gasteiger partial charge in [0.25, 0.3) is 5.91 Å². The Morgan fingerprint density at radius 3 is 2.37 bits per heavy atom. The molecule has 0 radical (unpaired) electrons. The highest BCUT2D eigenvalue weighted by Gasteiger charge is 2.30. The largest absolute Gasteiger partial charge is 0.492 e. The zero-order valence-corrected chi connectivity index (χ0v) is 17.2. The number of hydrogen-bond acceptors (Lipinski definition) is 5. The maximum Gasteiger partial charge on any atom is 0.253 e. The Bertz CT molecular complexity index is 939. The van der Waals surface area contributed by atoms with Gasteiger partial charge in [-0.1, -0.05) is 11.6 Å². The molecule has 7 nitrogen and oxygen atoms in total. The Morgan fingerprint density at radius 1 is 1.07 bits per heavy atom. The third-order valence-electron chi connectivity index (χ3n) is 5.54. The smallest absolute Gasteiger partial charge is 0.253 e. The van der Waals surface area contributed by atoms with Crippen LogP contribution in [0, 0.1) is 5.92 Å².